The van der Waals surface area contributed by atoms with E-state index in [4.69, 9.17) is 5.84 Å². The van der Waals surface area contributed by atoms with E-state index < -0.39 is 0 Å². The van der Waals surface area contributed by atoms with E-state index in [1.165, 1.54) is 14.2 Å². The van der Waals surface area contributed by atoms with Crippen LogP contribution < -0.4 is 11.3 Å². The molecule has 0 aliphatic carbocycles. The molecule has 0 fully saturated rings. The third kappa shape index (κ3) is 4.17. The molecular formula is C13H16BrN3S. The van der Waals surface area contributed by atoms with Gasteiger partial charge in [-0.2, -0.15) is 0 Å². The number of aromatic nitrogens is 1. The maximum absolute atomic E-state index is 5.62. The first-order valence-corrected chi connectivity index (χ1v) is 7.48. The number of hydrazine groups is 1. The van der Waals surface area contributed by atoms with Crippen LogP contribution in [0.3, 0.4) is 0 Å². The Kier molecular flexibility index (Phi) is 5.31. The van der Waals surface area contributed by atoms with Gasteiger partial charge in [-0.15, -0.1) is 11.3 Å². The van der Waals surface area contributed by atoms with Crippen molar-refractivity contribution in [2.24, 2.45) is 5.84 Å². The van der Waals surface area contributed by atoms with Crippen molar-refractivity contribution < 1.29 is 0 Å². The number of nitrogens with one attached hydrogen (secondary N) is 1. The molecular weight excluding hydrogens is 310 g/mol. The normalized spacial score (nSPS) is 12.6. The van der Waals surface area contributed by atoms with E-state index in [1.54, 1.807) is 17.5 Å². The zero-order chi connectivity index (χ0) is 12.8. The Labute approximate surface area is 120 Å². The van der Waals surface area contributed by atoms with E-state index >= 15 is 0 Å². The molecule has 3 N–H and O–H groups in total. The summed E-state index contributed by atoms with van der Waals surface area (Å²) in [6, 6.07) is 8.59. The third-order valence-corrected chi connectivity index (χ3v) is 4.46. The number of rotatable bonds is 6. The average Bonchev–Trinajstić information content (AvgIpc) is 2.81. The monoisotopic (exact) mass is 325 g/mol. The van der Waals surface area contributed by atoms with Crippen molar-refractivity contribution in [3.05, 3.63) is 50.9 Å². The van der Waals surface area contributed by atoms with Gasteiger partial charge in [-0.3, -0.25) is 16.3 Å². The van der Waals surface area contributed by atoms with Crippen LogP contribution in [0.4, 0.5) is 0 Å². The minimum atomic E-state index is 0.302. The molecule has 96 valence electrons. The summed E-state index contributed by atoms with van der Waals surface area (Å²) in [5.41, 5.74) is 4.16. The Bertz CT molecular complexity index is 472. The van der Waals surface area contributed by atoms with Crippen LogP contribution in [0.2, 0.25) is 0 Å². The van der Waals surface area contributed by atoms with Gasteiger partial charge in [-0.05, 0) is 59.0 Å². The van der Waals surface area contributed by atoms with E-state index in [2.05, 4.69) is 44.5 Å². The van der Waals surface area contributed by atoms with Gasteiger partial charge in [-0.1, -0.05) is 6.07 Å². The second-order valence-corrected chi connectivity index (χ2v) is 6.72. The summed E-state index contributed by atoms with van der Waals surface area (Å²) in [6.45, 7) is 0. The van der Waals surface area contributed by atoms with Gasteiger partial charge in [0.1, 0.15) is 0 Å². The van der Waals surface area contributed by atoms with E-state index in [1.807, 2.05) is 12.3 Å². The molecule has 0 radical (unpaired) electrons. The van der Waals surface area contributed by atoms with Crippen molar-refractivity contribution in [3.63, 3.8) is 0 Å². The predicted molar refractivity (Wildman–Crippen MR) is 79.4 cm³/mol. The molecule has 0 saturated heterocycles. The molecule has 1 unspecified atom stereocenters. The molecule has 0 bridgehead atoms. The van der Waals surface area contributed by atoms with Crippen LogP contribution in [0.25, 0.3) is 0 Å². The van der Waals surface area contributed by atoms with Crippen molar-refractivity contribution in [1.29, 1.82) is 0 Å². The standard InChI is InChI=1S/C13H16BrN3S/c14-13-6-5-12(18-13)8-11(17-15)4-3-10-2-1-7-16-9-10/h1-2,5-7,9,11,17H,3-4,8,15H2. The maximum atomic E-state index is 5.62. The summed E-state index contributed by atoms with van der Waals surface area (Å²) in [5, 5.41) is 0. The molecule has 18 heavy (non-hydrogen) atoms. The number of hydrogen-bond acceptors (Lipinski definition) is 4. The highest BCUT2D eigenvalue weighted by molar-refractivity contribution is 9.11. The molecule has 0 saturated carbocycles. The molecule has 2 aromatic rings. The van der Waals surface area contributed by atoms with Crippen molar-refractivity contribution in [2.75, 3.05) is 0 Å². The number of pyridine rings is 1. The molecule has 0 spiro atoms. The summed E-state index contributed by atoms with van der Waals surface area (Å²) in [5.74, 6) is 5.62. The Morgan fingerprint density at radius 2 is 2.28 bits per heavy atom. The Morgan fingerprint density at radius 3 is 2.89 bits per heavy atom. The van der Waals surface area contributed by atoms with E-state index in [0.29, 0.717) is 6.04 Å². The molecule has 0 aliphatic heterocycles. The Hall–Kier alpha value is -0.750. The lowest BCUT2D eigenvalue weighted by molar-refractivity contribution is 0.494. The van der Waals surface area contributed by atoms with Crippen molar-refractivity contribution in [1.82, 2.24) is 10.4 Å². The summed E-state index contributed by atoms with van der Waals surface area (Å²) in [6.07, 6.45) is 6.68. The van der Waals surface area contributed by atoms with E-state index in [-0.39, 0.29) is 0 Å². The number of halogens is 1. The smallest absolute Gasteiger partial charge is 0.0701 e. The minimum Gasteiger partial charge on any atom is -0.271 e. The largest absolute Gasteiger partial charge is 0.271 e. The van der Waals surface area contributed by atoms with Gasteiger partial charge in [0, 0.05) is 23.3 Å². The predicted octanol–water partition coefficient (Wildman–Crippen LogP) is 2.91. The fourth-order valence-electron chi connectivity index (χ4n) is 1.84. The summed E-state index contributed by atoms with van der Waals surface area (Å²) in [4.78, 5) is 5.46. The second kappa shape index (κ2) is 6.99. The zero-order valence-electron chi connectivity index (χ0n) is 9.97. The van der Waals surface area contributed by atoms with E-state index in [9.17, 15) is 0 Å². The Morgan fingerprint density at radius 1 is 1.39 bits per heavy atom. The SMILES string of the molecule is NNC(CCc1cccnc1)Cc1ccc(Br)s1. The molecule has 2 aromatic heterocycles. The first-order chi connectivity index (χ1) is 8.78. The van der Waals surface area contributed by atoms with Crippen molar-refractivity contribution >= 4 is 27.3 Å². The number of nitrogens with zero attached hydrogens (tertiary/aromatic N) is 1. The lowest BCUT2D eigenvalue weighted by atomic mass is 10.0. The second-order valence-electron chi connectivity index (χ2n) is 4.17. The molecule has 1 atom stereocenters. The average molecular weight is 326 g/mol. The molecule has 0 aromatic carbocycles. The molecule has 0 amide bonds. The molecule has 2 rings (SSSR count). The molecule has 2 heterocycles. The number of hydrogen-bond donors (Lipinski definition) is 2. The van der Waals surface area contributed by atoms with Gasteiger partial charge in [0.05, 0.1) is 3.79 Å². The fraction of sp³-hybridized carbons (Fsp3) is 0.308. The van der Waals surface area contributed by atoms with Gasteiger partial charge in [-0.25, -0.2) is 0 Å². The highest BCUT2D eigenvalue weighted by atomic mass is 79.9. The Balaban J connectivity index is 1.86. The minimum absolute atomic E-state index is 0.302. The van der Waals surface area contributed by atoms with Crippen LogP contribution in [0.5, 0.6) is 0 Å². The first-order valence-electron chi connectivity index (χ1n) is 5.87. The van der Waals surface area contributed by atoms with Gasteiger partial charge in [0.25, 0.3) is 0 Å². The molecule has 3 nitrogen and oxygen atoms in total. The van der Waals surface area contributed by atoms with Crippen LogP contribution in [0.15, 0.2) is 40.4 Å². The van der Waals surface area contributed by atoms with Gasteiger partial charge in [0.2, 0.25) is 0 Å². The quantitative estimate of drug-likeness (QED) is 0.634. The van der Waals surface area contributed by atoms with Crippen LogP contribution in [0.1, 0.15) is 16.9 Å². The highest BCUT2D eigenvalue weighted by Crippen LogP contribution is 2.23. The third-order valence-electron chi connectivity index (χ3n) is 2.82. The lowest BCUT2D eigenvalue weighted by Gasteiger charge is -2.14. The fourth-order valence-corrected chi connectivity index (χ4v) is 3.40. The summed E-state index contributed by atoms with van der Waals surface area (Å²) in [7, 11) is 0. The van der Waals surface area contributed by atoms with Crippen LogP contribution in [-0.4, -0.2) is 11.0 Å². The van der Waals surface area contributed by atoms with Crippen molar-refractivity contribution in [3.8, 4) is 0 Å². The highest BCUT2D eigenvalue weighted by Gasteiger charge is 2.09. The van der Waals surface area contributed by atoms with Crippen LogP contribution in [-0.2, 0) is 12.8 Å². The van der Waals surface area contributed by atoms with Crippen molar-refractivity contribution in [2.45, 2.75) is 25.3 Å². The summed E-state index contributed by atoms with van der Waals surface area (Å²) < 4.78 is 1.17. The lowest BCUT2D eigenvalue weighted by Crippen LogP contribution is -2.36. The van der Waals surface area contributed by atoms with Crippen LogP contribution in [0, 0.1) is 0 Å². The zero-order valence-corrected chi connectivity index (χ0v) is 12.4. The van der Waals surface area contributed by atoms with Gasteiger partial charge < -0.3 is 0 Å². The summed E-state index contributed by atoms with van der Waals surface area (Å²) >= 11 is 5.24. The maximum Gasteiger partial charge on any atom is 0.0701 e. The number of nitrogens with two attached hydrogens (primary N) is 1. The number of aryl methyl sites for hydroxylation is 1. The van der Waals surface area contributed by atoms with Gasteiger partial charge in [0.15, 0.2) is 0 Å². The number of thiophene rings is 1. The van der Waals surface area contributed by atoms with E-state index in [0.717, 1.165) is 19.3 Å². The molecule has 0 aliphatic rings. The molecule has 5 heteroatoms. The topological polar surface area (TPSA) is 50.9 Å². The first kappa shape index (κ1) is 13.7. The van der Waals surface area contributed by atoms with Crippen LogP contribution >= 0.6 is 27.3 Å². The van der Waals surface area contributed by atoms with Gasteiger partial charge >= 0.3 is 0 Å².